The van der Waals surface area contributed by atoms with E-state index in [0.717, 1.165) is 10.5 Å². The standard InChI is InChI=1S/C17H16NO4/c1-13(19)18(22-14(2)20)12-15-8-10-17(11-9-15)21-16-6-4-3-5-7-16/h3-12H,1-2H3/q+1. The molecule has 2 aromatic rings. The topological polar surface area (TPSA) is 55.6 Å². The second-order valence-corrected chi connectivity index (χ2v) is 4.54. The van der Waals surface area contributed by atoms with Crippen molar-refractivity contribution in [2.75, 3.05) is 0 Å². The summed E-state index contributed by atoms with van der Waals surface area (Å²) < 4.78 is 6.57. The van der Waals surface area contributed by atoms with Crippen molar-refractivity contribution in [1.29, 1.82) is 0 Å². The molecule has 0 radical (unpaired) electrons. The van der Waals surface area contributed by atoms with Gasteiger partial charge in [0.25, 0.3) is 0 Å². The third kappa shape index (κ3) is 4.56. The molecule has 0 spiro atoms. The van der Waals surface area contributed by atoms with E-state index in [9.17, 15) is 9.59 Å². The van der Waals surface area contributed by atoms with E-state index in [-0.39, 0.29) is 5.91 Å². The zero-order valence-corrected chi connectivity index (χ0v) is 12.4. The molecule has 0 aliphatic heterocycles. The van der Waals surface area contributed by atoms with Crippen LogP contribution in [0.4, 0.5) is 0 Å². The Labute approximate surface area is 128 Å². The molecule has 2 aromatic carbocycles. The summed E-state index contributed by atoms with van der Waals surface area (Å²) >= 11 is 0. The monoisotopic (exact) mass is 298 g/mol. The van der Waals surface area contributed by atoms with Gasteiger partial charge in [-0.15, -0.1) is 0 Å². The minimum absolute atomic E-state index is 0.389. The third-order valence-corrected chi connectivity index (χ3v) is 2.66. The average Bonchev–Trinajstić information content (AvgIpc) is 2.49. The number of ether oxygens (including phenoxy) is 1. The number of carbonyl (C=O) groups is 2. The Hall–Kier alpha value is -2.95. The Kier molecular flexibility index (Phi) is 5.03. The molecule has 5 nitrogen and oxygen atoms in total. The number of nitrogens with zero attached hydrogens (tertiary/aromatic N) is 1. The van der Waals surface area contributed by atoms with Gasteiger partial charge in [0.15, 0.2) is 0 Å². The molecule has 0 unspecified atom stereocenters. The van der Waals surface area contributed by atoms with Crippen LogP contribution in [0.15, 0.2) is 54.6 Å². The van der Waals surface area contributed by atoms with Crippen molar-refractivity contribution < 1.29 is 23.9 Å². The highest BCUT2D eigenvalue weighted by molar-refractivity contribution is 5.81. The molecule has 0 N–H and O–H groups in total. The van der Waals surface area contributed by atoms with E-state index in [1.54, 1.807) is 24.3 Å². The molecule has 0 aliphatic carbocycles. The van der Waals surface area contributed by atoms with Crippen molar-refractivity contribution in [2.24, 2.45) is 0 Å². The molecule has 112 valence electrons. The molecule has 0 atom stereocenters. The number of hydroxylamine groups is 1. The Morgan fingerprint density at radius 3 is 2.05 bits per heavy atom. The van der Waals surface area contributed by atoms with Crippen LogP contribution < -0.4 is 4.74 Å². The summed E-state index contributed by atoms with van der Waals surface area (Å²) in [6.07, 6.45) is 1.44. The molecule has 22 heavy (non-hydrogen) atoms. The van der Waals surface area contributed by atoms with Gasteiger partial charge in [0.1, 0.15) is 11.5 Å². The van der Waals surface area contributed by atoms with Crippen LogP contribution in [0.1, 0.15) is 19.4 Å². The van der Waals surface area contributed by atoms with Crippen LogP contribution in [0.2, 0.25) is 0 Å². The van der Waals surface area contributed by atoms with Crippen LogP contribution >= 0.6 is 0 Å². The minimum Gasteiger partial charge on any atom is -0.457 e. The highest BCUT2D eigenvalue weighted by Gasteiger charge is 2.16. The van der Waals surface area contributed by atoms with Gasteiger partial charge in [-0.1, -0.05) is 18.2 Å². The maximum absolute atomic E-state index is 11.4. The molecule has 5 heteroatoms. The Morgan fingerprint density at radius 2 is 1.50 bits per heavy atom. The second-order valence-electron chi connectivity index (χ2n) is 4.54. The van der Waals surface area contributed by atoms with Gasteiger partial charge in [0, 0.05) is 12.5 Å². The van der Waals surface area contributed by atoms with Crippen LogP contribution in [-0.4, -0.2) is 22.8 Å². The lowest BCUT2D eigenvalue weighted by Crippen LogP contribution is -2.22. The number of rotatable bonds is 3. The number of benzene rings is 2. The summed E-state index contributed by atoms with van der Waals surface area (Å²) in [5.41, 5.74) is 0.705. The molecule has 0 saturated heterocycles. The zero-order chi connectivity index (χ0) is 15.9. The quantitative estimate of drug-likeness (QED) is 0.378. The number of hydrogen-bond donors (Lipinski definition) is 0. The van der Waals surface area contributed by atoms with Gasteiger partial charge in [-0.25, -0.2) is 9.59 Å². The molecular weight excluding hydrogens is 282 g/mol. The van der Waals surface area contributed by atoms with Gasteiger partial charge < -0.3 is 4.74 Å². The number of carbonyl (C=O) groups excluding carboxylic acids is 2. The van der Waals surface area contributed by atoms with Crippen LogP contribution in [0.3, 0.4) is 0 Å². The number of hydrogen-bond acceptors (Lipinski definition) is 4. The van der Waals surface area contributed by atoms with Gasteiger partial charge in [0.2, 0.25) is 6.21 Å². The maximum Gasteiger partial charge on any atom is 0.431 e. The van der Waals surface area contributed by atoms with Crippen LogP contribution in [-0.2, 0) is 14.4 Å². The smallest absolute Gasteiger partial charge is 0.431 e. The first-order chi connectivity index (χ1) is 10.5. The number of para-hydroxylation sites is 1. The van der Waals surface area contributed by atoms with Gasteiger partial charge >= 0.3 is 11.9 Å². The van der Waals surface area contributed by atoms with Crippen molar-refractivity contribution in [1.82, 2.24) is 0 Å². The van der Waals surface area contributed by atoms with E-state index >= 15 is 0 Å². The van der Waals surface area contributed by atoms with E-state index in [1.165, 1.54) is 20.1 Å². The predicted molar refractivity (Wildman–Crippen MR) is 80.8 cm³/mol. The maximum atomic E-state index is 11.4. The summed E-state index contributed by atoms with van der Waals surface area (Å²) in [5.74, 6) is 0.463. The van der Waals surface area contributed by atoms with Crippen LogP contribution in [0.25, 0.3) is 0 Å². The molecule has 0 aliphatic rings. The molecule has 0 aromatic heterocycles. The van der Waals surface area contributed by atoms with Crippen molar-refractivity contribution in [2.45, 2.75) is 13.8 Å². The fourth-order valence-corrected chi connectivity index (χ4v) is 1.70. The summed E-state index contributed by atoms with van der Waals surface area (Å²) in [6, 6.07) is 16.5. The van der Waals surface area contributed by atoms with E-state index in [4.69, 9.17) is 9.57 Å². The van der Waals surface area contributed by atoms with Crippen LogP contribution in [0, 0.1) is 0 Å². The Morgan fingerprint density at radius 1 is 0.909 bits per heavy atom. The van der Waals surface area contributed by atoms with E-state index in [2.05, 4.69) is 0 Å². The van der Waals surface area contributed by atoms with Gasteiger partial charge in [0.05, 0.1) is 11.7 Å². The largest absolute Gasteiger partial charge is 0.457 e. The van der Waals surface area contributed by atoms with E-state index < -0.39 is 5.97 Å². The lowest BCUT2D eigenvalue weighted by atomic mass is 10.2. The van der Waals surface area contributed by atoms with Gasteiger partial charge in [-0.3, -0.25) is 0 Å². The lowest BCUT2D eigenvalue weighted by Gasteiger charge is -2.04. The molecule has 0 saturated carbocycles. The molecule has 2 rings (SSSR count). The third-order valence-electron chi connectivity index (χ3n) is 2.66. The highest BCUT2D eigenvalue weighted by atomic mass is 16.7. The van der Waals surface area contributed by atoms with Gasteiger partial charge in [-0.2, -0.15) is 4.84 Å². The molecule has 0 fully saturated rings. The van der Waals surface area contributed by atoms with Gasteiger partial charge in [-0.05, 0) is 36.4 Å². The first-order valence-corrected chi connectivity index (χ1v) is 6.71. The summed E-state index contributed by atoms with van der Waals surface area (Å²) in [4.78, 5) is 27.1. The second kappa shape index (κ2) is 7.17. The summed E-state index contributed by atoms with van der Waals surface area (Å²) in [5, 5.41) is 0. The van der Waals surface area contributed by atoms with E-state index in [0.29, 0.717) is 11.3 Å². The number of amides is 1. The first-order valence-electron chi connectivity index (χ1n) is 6.71. The fraction of sp³-hybridized carbons (Fsp3) is 0.118. The average molecular weight is 298 g/mol. The van der Waals surface area contributed by atoms with Crippen molar-refractivity contribution in [3.05, 3.63) is 60.2 Å². The molecular formula is C17H16NO4+. The molecule has 0 bridgehead atoms. The SMILES string of the molecule is CC(=O)O[N+](=Cc1ccc(Oc2ccccc2)cc1)C(C)=O. The highest BCUT2D eigenvalue weighted by Crippen LogP contribution is 2.20. The Balaban J connectivity index is 2.14. The molecule has 0 heterocycles. The predicted octanol–water partition coefficient (Wildman–Crippen LogP) is 2.93. The normalized spacial score (nSPS) is 10.9. The summed E-state index contributed by atoms with van der Waals surface area (Å²) in [7, 11) is 0. The summed E-state index contributed by atoms with van der Waals surface area (Å²) in [6.45, 7) is 2.55. The minimum atomic E-state index is -0.560. The fourth-order valence-electron chi connectivity index (χ4n) is 1.70. The lowest BCUT2D eigenvalue weighted by molar-refractivity contribution is -0.688. The Bertz CT molecular complexity index is 690. The zero-order valence-electron chi connectivity index (χ0n) is 12.4. The van der Waals surface area contributed by atoms with E-state index in [1.807, 2.05) is 30.3 Å². The first kappa shape index (κ1) is 15.4. The van der Waals surface area contributed by atoms with Crippen molar-refractivity contribution in [3.63, 3.8) is 0 Å². The molecule has 1 amide bonds. The van der Waals surface area contributed by atoms with Crippen molar-refractivity contribution >= 4 is 18.1 Å². The van der Waals surface area contributed by atoms with Crippen LogP contribution in [0.5, 0.6) is 11.5 Å². The van der Waals surface area contributed by atoms with Crippen molar-refractivity contribution in [3.8, 4) is 11.5 Å².